The molecule has 2 heterocycles. The topological polar surface area (TPSA) is 59.9 Å². The third-order valence-electron chi connectivity index (χ3n) is 2.91. The number of ether oxygens (including phenoxy) is 1. The fourth-order valence-corrected chi connectivity index (χ4v) is 2.94. The summed E-state index contributed by atoms with van der Waals surface area (Å²) in [5.74, 6) is 0.785. The van der Waals surface area contributed by atoms with Gasteiger partial charge in [-0.1, -0.05) is 11.4 Å². The molecule has 108 valence electrons. The van der Waals surface area contributed by atoms with Crippen LogP contribution in [0.4, 0.5) is 0 Å². The van der Waals surface area contributed by atoms with E-state index in [1.807, 2.05) is 33.2 Å². The largest absolute Gasteiger partial charge is 0.489 e. The molecule has 0 aliphatic heterocycles. The van der Waals surface area contributed by atoms with E-state index < -0.39 is 0 Å². The fraction of sp³-hybridized carbons (Fsp3) is 0.500. The fourth-order valence-electron chi connectivity index (χ4n) is 2.06. The molecule has 0 amide bonds. The van der Waals surface area contributed by atoms with Gasteiger partial charge in [0.05, 0.1) is 28.9 Å². The highest BCUT2D eigenvalue weighted by molar-refractivity contribution is 7.05. The van der Waals surface area contributed by atoms with Crippen molar-refractivity contribution in [2.75, 3.05) is 7.05 Å². The van der Waals surface area contributed by atoms with Crippen LogP contribution in [-0.4, -0.2) is 27.7 Å². The number of nitrogens with one attached hydrogen (secondary N) is 1. The van der Waals surface area contributed by atoms with Crippen LogP contribution in [0.25, 0.3) is 0 Å². The molecule has 1 unspecified atom stereocenters. The molecule has 0 spiro atoms. The van der Waals surface area contributed by atoms with Crippen LogP contribution in [0.2, 0.25) is 0 Å². The molecule has 20 heavy (non-hydrogen) atoms. The van der Waals surface area contributed by atoms with E-state index in [-0.39, 0.29) is 12.1 Å². The molecule has 2 rings (SSSR count). The van der Waals surface area contributed by atoms with Crippen LogP contribution in [0.15, 0.2) is 18.5 Å². The minimum atomic E-state index is 0.0492. The van der Waals surface area contributed by atoms with E-state index >= 15 is 0 Å². The number of hydrogen-bond acceptors (Lipinski definition) is 6. The second-order valence-electron chi connectivity index (χ2n) is 4.78. The lowest BCUT2D eigenvalue weighted by Gasteiger charge is -2.17. The van der Waals surface area contributed by atoms with Gasteiger partial charge in [-0.25, -0.2) is 0 Å². The van der Waals surface area contributed by atoms with Crippen molar-refractivity contribution in [1.82, 2.24) is 19.9 Å². The van der Waals surface area contributed by atoms with Gasteiger partial charge in [0.2, 0.25) is 0 Å². The summed E-state index contributed by atoms with van der Waals surface area (Å²) in [6.45, 7) is 6.10. The van der Waals surface area contributed by atoms with Crippen molar-refractivity contribution < 1.29 is 4.74 Å². The van der Waals surface area contributed by atoms with Crippen LogP contribution in [-0.2, 0) is 6.42 Å². The molecule has 0 saturated heterocycles. The van der Waals surface area contributed by atoms with Crippen molar-refractivity contribution in [3.05, 3.63) is 34.6 Å². The summed E-state index contributed by atoms with van der Waals surface area (Å²) in [7, 11) is 1.93. The Labute approximate surface area is 123 Å². The van der Waals surface area contributed by atoms with Crippen molar-refractivity contribution >= 4 is 11.5 Å². The van der Waals surface area contributed by atoms with Crippen molar-refractivity contribution in [2.24, 2.45) is 0 Å². The maximum atomic E-state index is 5.71. The van der Waals surface area contributed by atoms with Crippen LogP contribution >= 0.6 is 11.5 Å². The summed E-state index contributed by atoms with van der Waals surface area (Å²) in [6, 6.07) is 2.07. The first-order chi connectivity index (χ1) is 9.65. The first-order valence-corrected chi connectivity index (χ1v) is 7.53. The third-order valence-corrected chi connectivity index (χ3v) is 3.74. The molecule has 6 heteroatoms. The Hall–Kier alpha value is -1.53. The third kappa shape index (κ3) is 3.32. The zero-order chi connectivity index (χ0) is 14.5. The van der Waals surface area contributed by atoms with Crippen LogP contribution in [0.3, 0.4) is 0 Å². The zero-order valence-corrected chi connectivity index (χ0v) is 13.1. The van der Waals surface area contributed by atoms with E-state index in [0.29, 0.717) is 0 Å². The van der Waals surface area contributed by atoms with Gasteiger partial charge < -0.3 is 10.1 Å². The Morgan fingerprint density at radius 1 is 1.35 bits per heavy atom. The summed E-state index contributed by atoms with van der Waals surface area (Å²) >= 11 is 1.43. The van der Waals surface area contributed by atoms with Gasteiger partial charge in [-0.15, -0.1) is 5.10 Å². The zero-order valence-electron chi connectivity index (χ0n) is 12.3. The molecule has 0 aromatic carbocycles. The normalized spacial score (nSPS) is 12.7. The van der Waals surface area contributed by atoms with Gasteiger partial charge in [0, 0.05) is 6.20 Å². The highest BCUT2D eigenvalue weighted by Crippen LogP contribution is 2.28. The van der Waals surface area contributed by atoms with Crippen LogP contribution in [0.5, 0.6) is 5.75 Å². The monoisotopic (exact) mass is 292 g/mol. The lowest BCUT2D eigenvalue weighted by atomic mass is 10.1. The molecule has 2 aromatic heterocycles. The number of rotatable bonds is 6. The summed E-state index contributed by atoms with van der Waals surface area (Å²) in [6.07, 6.45) is 4.60. The van der Waals surface area contributed by atoms with Crippen LogP contribution in [0, 0.1) is 0 Å². The van der Waals surface area contributed by atoms with Gasteiger partial charge in [0.25, 0.3) is 0 Å². The standard InChI is InChI=1S/C14H20N4OS/c1-5-12-14(20-18-17-12)13(15-4)10-6-11(8-16-7-10)19-9(2)3/h6-9,13,15H,5H2,1-4H3. The first kappa shape index (κ1) is 14.9. The predicted octanol–water partition coefficient (Wildman–Crippen LogP) is 2.59. The van der Waals surface area contributed by atoms with Gasteiger partial charge >= 0.3 is 0 Å². The number of aryl methyl sites for hydroxylation is 1. The van der Waals surface area contributed by atoms with Crippen molar-refractivity contribution in [3.8, 4) is 5.75 Å². The smallest absolute Gasteiger partial charge is 0.138 e. The van der Waals surface area contributed by atoms with E-state index in [4.69, 9.17) is 4.74 Å². The highest BCUT2D eigenvalue weighted by atomic mass is 32.1. The minimum absolute atomic E-state index is 0.0492. The Morgan fingerprint density at radius 2 is 2.15 bits per heavy atom. The molecule has 0 aliphatic carbocycles. The molecule has 0 radical (unpaired) electrons. The van der Waals surface area contributed by atoms with Crippen molar-refractivity contribution in [1.29, 1.82) is 0 Å². The Morgan fingerprint density at radius 3 is 2.80 bits per heavy atom. The molecule has 0 saturated carbocycles. The molecule has 1 N–H and O–H groups in total. The summed E-state index contributed by atoms with van der Waals surface area (Å²) < 4.78 is 9.76. The van der Waals surface area contributed by atoms with Gasteiger partial charge in [-0.2, -0.15) is 0 Å². The van der Waals surface area contributed by atoms with Gasteiger partial charge in [0.15, 0.2) is 0 Å². The minimum Gasteiger partial charge on any atom is -0.489 e. The first-order valence-electron chi connectivity index (χ1n) is 6.75. The van der Waals surface area contributed by atoms with Crippen LogP contribution in [0.1, 0.15) is 42.9 Å². The Kier molecular flexibility index (Phi) is 5.03. The molecule has 1 atom stereocenters. The highest BCUT2D eigenvalue weighted by Gasteiger charge is 2.19. The number of nitrogens with zero attached hydrogens (tertiary/aromatic N) is 3. The molecule has 0 aliphatic rings. The van der Waals surface area contributed by atoms with E-state index in [2.05, 4.69) is 26.8 Å². The second-order valence-corrected chi connectivity index (χ2v) is 5.57. The molecular formula is C14H20N4OS. The number of aromatic nitrogens is 3. The van der Waals surface area contributed by atoms with Gasteiger partial charge in [0.1, 0.15) is 5.75 Å². The summed E-state index contributed by atoms with van der Waals surface area (Å²) in [4.78, 5) is 5.41. The Balaban J connectivity index is 2.32. The summed E-state index contributed by atoms with van der Waals surface area (Å²) in [5, 5.41) is 7.49. The molecular weight excluding hydrogens is 272 g/mol. The Bertz CT molecular complexity index is 556. The van der Waals surface area contributed by atoms with Gasteiger partial charge in [-0.05, 0) is 50.5 Å². The average Bonchev–Trinajstić information content (AvgIpc) is 2.87. The lowest BCUT2D eigenvalue weighted by molar-refractivity contribution is 0.241. The van der Waals surface area contributed by atoms with Crippen molar-refractivity contribution in [3.63, 3.8) is 0 Å². The predicted molar refractivity (Wildman–Crippen MR) is 80.2 cm³/mol. The number of hydrogen-bond donors (Lipinski definition) is 1. The molecule has 5 nitrogen and oxygen atoms in total. The van der Waals surface area contributed by atoms with E-state index in [1.54, 1.807) is 6.20 Å². The summed E-state index contributed by atoms with van der Waals surface area (Å²) in [5.41, 5.74) is 2.09. The quantitative estimate of drug-likeness (QED) is 0.886. The number of pyridine rings is 1. The molecule has 0 bridgehead atoms. The lowest BCUT2D eigenvalue weighted by Crippen LogP contribution is -2.18. The second kappa shape index (κ2) is 6.76. The van der Waals surface area contributed by atoms with Crippen LogP contribution < -0.4 is 10.1 Å². The maximum Gasteiger partial charge on any atom is 0.138 e. The maximum absolute atomic E-state index is 5.71. The molecule has 0 fully saturated rings. The molecule has 2 aromatic rings. The van der Waals surface area contributed by atoms with Gasteiger partial charge in [-0.3, -0.25) is 4.98 Å². The van der Waals surface area contributed by atoms with E-state index in [9.17, 15) is 0 Å². The van der Waals surface area contributed by atoms with Crippen molar-refractivity contribution in [2.45, 2.75) is 39.3 Å². The SMILES string of the molecule is CCc1nnsc1C(NC)c1cncc(OC(C)C)c1. The average molecular weight is 292 g/mol. The van der Waals surface area contributed by atoms with E-state index in [0.717, 1.165) is 28.3 Å². The van der Waals surface area contributed by atoms with E-state index in [1.165, 1.54) is 11.5 Å².